The zero-order valence-corrected chi connectivity index (χ0v) is 15.9. The van der Waals surface area contributed by atoms with Crippen molar-refractivity contribution in [2.45, 2.75) is 36.6 Å². The van der Waals surface area contributed by atoms with Crippen LogP contribution >= 0.6 is 12.4 Å². The lowest BCUT2D eigenvalue weighted by atomic mass is 9.97. The molecule has 2 aliphatic rings. The molecule has 0 aliphatic carbocycles. The van der Waals surface area contributed by atoms with Crippen LogP contribution in [-0.4, -0.2) is 52.1 Å². The molecule has 2 unspecified atom stereocenters. The Hall–Kier alpha value is -0.730. The van der Waals surface area contributed by atoms with Crippen molar-refractivity contribution in [3.05, 3.63) is 30.1 Å². The van der Waals surface area contributed by atoms with Crippen LogP contribution in [0.25, 0.3) is 0 Å². The standard InChI is InChI=1S/C17H26FN3O2S.ClH/c18-15-5-1-7-17(10-15)24(22,23)20-16-6-3-9-21(13-16)12-14-4-2-8-19-11-14;/h1,5,7,10,14,16,19-20H,2-4,6,8-9,11-13H2;1H. The van der Waals surface area contributed by atoms with Gasteiger partial charge in [0, 0.05) is 19.1 Å². The van der Waals surface area contributed by atoms with Crippen LogP contribution in [-0.2, 0) is 10.0 Å². The van der Waals surface area contributed by atoms with Crippen LogP contribution < -0.4 is 10.0 Å². The fraction of sp³-hybridized carbons (Fsp3) is 0.647. The summed E-state index contributed by atoms with van der Waals surface area (Å²) < 4.78 is 40.9. The lowest BCUT2D eigenvalue weighted by molar-refractivity contribution is 0.162. The van der Waals surface area contributed by atoms with Gasteiger partial charge in [-0.25, -0.2) is 17.5 Å². The van der Waals surface area contributed by atoms with Crippen molar-refractivity contribution in [2.24, 2.45) is 5.92 Å². The predicted octanol–water partition coefficient (Wildman–Crippen LogP) is 1.99. The maximum absolute atomic E-state index is 13.3. The molecule has 0 aromatic heterocycles. The lowest BCUT2D eigenvalue weighted by Crippen LogP contribution is -2.49. The second kappa shape index (κ2) is 9.28. The van der Waals surface area contributed by atoms with E-state index in [9.17, 15) is 12.8 Å². The molecule has 8 heteroatoms. The molecule has 0 amide bonds. The first kappa shape index (κ1) is 20.6. The van der Waals surface area contributed by atoms with Gasteiger partial charge in [0.2, 0.25) is 10.0 Å². The molecule has 1 aromatic rings. The number of hydrogen-bond donors (Lipinski definition) is 2. The Balaban J connectivity index is 0.00000225. The van der Waals surface area contributed by atoms with Crippen LogP contribution in [0.5, 0.6) is 0 Å². The van der Waals surface area contributed by atoms with Crippen molar-refractivity contribution >= 4 is 22.4 Å². The quantitative estimate of drug-likeness (QED) is 0.805. The Bertz CT molecular complexity index is 653. The molecule has 5 nitrogen and oxygen atoms in total. The third-order valence-electron chi connectivity index (χ3n) is 4.85. The molecule has 0 spiro atoms. The minimum atomic E-state index is -3.67. The van der Waals surface area contributed by atoms with Crippen LogP contribution in [0.4, 0.5) is 4.39 Å². The van der Waals surface area contributed by atoms with Crippen LogP contribution in [0.2, 0.25) is 0 Å². The van der Waals surface area contributed by atoms with Gasteiger partial charge < -0.3 is 10.2 Å². The van der Waals surface area contributed by atoms with Crippen LogP contribution in [0.15, 0.2) is 29.2 Å². The molecule has 142 valence electrons. The summed E-state index contributed by atoms with van der Waals surface area (Å²) >= 11 is 0. The molecular weight excluding hydrogens is 365 g/mol. The van der Waals surface area contributed by atoms with Gasteiger partial charge in [-0.3, -0.25) is 0 Å². The molecule has 2 N–H and O–H groups in total. The first-order valence-electron chi connectivity index (χ1n) is 8.74. The molecule has 2 fully saturated rings. The van der Waals surface area contributed by atoms with Gasteiger partial charge in [-0.05, 0) is 69.4 Å². The van der Waals surface area contributed by atoms with Gasteiger partial charge in [0.1, 0.15) is 5.82 Å². The lowest BCUT2D eigenvalue weighted by Gasteiger charge is -2.36. The number of likely N-dealkylation sites (tertiary alicyclic amines) is 1. The third kappa shape index (κ3) is 5.89. The maximum atomic E-state index is 13.3. The number of piperidine rings is 2. The largest absolute Gasteiger partial charge is 0.316 e. The van der Waals surface area contributed by atoms with E-state index in [0.29, 0.717) is 5.92 Å². The number of sulfonamides is 1. The summed E-state index contributed by atoms with van der Waals surface area (Å²) in [6.07, 6.45) is 4.27. The van der Waals surface area contributed by atoms with Gasteiger partial charge in [-0.2, -0.15) is 0 Å². The zero-order chi connectivity index (χ0) is 17.0. The Morgan fingerprint density at radius 3 is 2.84 bits per heavy atom. The first-order valence-corrected chi connectivity index (χ1v) is 10.2. The van der Waals surface area contributed by atoms with Crippen molar-refractivity contribution < 1.29 is 12.8 Å². The predicted molar refractivity (Wildman–Crippen MR) is 99.0 cm³/mol. The number of hydrogen-bond acceptors (Lipinski definition) is 4. The summed E-state index contributed by atoms with van der Waals surface area (Å²) in [4.78, 5) is 2.36. The van der Waals surface area contributed by atoms with Crippen LogP contribution in [0.1, 0.15) is 25.7 Å². The summed E-state index contributed by atoms with van der Waals surface area (Å²) in [7, 11) is -3.67. The number of nitrogens with one attached hydrogen (secondary N) is 2. The Morgan fingerprint density at radius 1 is 1.28 bits per heavy atom. The van der Waals surface area contributed by atoms with Crippen LogP contribution in [0.3, 0.4) is 0 Å². The molecule has 0 bridgehead atoms. The van der Waals surface area contributed by atoms with Gasteiger partial charge in [0.05, 0.1) is 4.90 Å². The normalized spacial score (nSPS) is 25.3. The highest BCUT2D eigenvalue weighted by atomic mass is 35.5. The van der Waals surface area contributed by atoms with Gasteiger partial charge >= 0.3 is 0 Å². The molecule has 25 heavy (non-hydrogen) atoms. The fourth-order valence-electron chi connectivity index (χ4n) is 3.68. The summed E-state index contributed by atoms with van der Waals surface area (Å²) in [6.45, 7) is 4.92. The smallest absolute Gasteiger partial charge is 0.240 e. The molecule has 2 atom stereocenters. The van der Waals surface area contributed by atoms with Gasteiger partial charge in [-0.15, -0.1) is 12.4 Å². The Morgan fingerprint density at radius 2 is 2.12 bits per heavy atom. The number of benzene rings is 1. The van der Waals surface area contributed by atoms with Crippen molar-refractivity contribution in [3.63, 3.8) is 0 Å². The van der Waals surface area contributed by atoms with Crippen LogP contribution in [0, 0.1) is 11.7 Å². The van der Waals surface area contributed by atoms with E-state index in [2.05, 4.69) is 14.9 Å². The molecule has 0 saturated carbocycles. The van der Waals surface area contributed by atoms with Crippen molar-refractivity contribution in [3.8, 4) is 0 Å². The summed E-state index contributed by atoms with van der Waals surface area (Å²) in [6, 6.07) is 5.06. The number of nitrogens with zero attached hydrogens (tertiary/aromatic N) is 1. The van der Waals surface area contributed by atoms with Crippen molar-refractivity contribution in [2.75, 3.05) is 32.7 Å². The van der Waals surface area contributed by atoms with E-state index in [-0.39, 0.29) is 23.3 Å². The molecule has 2 aliphatic heterocycles. The molecule has 2 saturated heterocycles. The highest BCUT2D eigenvalue weighted by Crippen LogP contribution is 2.18. The molecule has 0 radical (unpaired) electrons. The van der Waals surface area contributed by atoms with Crippen molar-refractivity contribution in [1.29, 1.82) is 0 Å². The topological polar surface area (TPSA) is 61.4 Å². The average molecular weight is 392 g/mol. The highest BCUT2D eigenvalue weighted by Gasteiger charge is 2.27. The monoisotopic (exact) mass is 391 g/mol. The second-order valence-corrected chi connectivity index (χ2v) is 8.60. The Labute approximate surface area is 155 Å². The van der Waals surface area contributed by atoms with E-state index in [1.54, 1.807) is 0 Å². The second-order valence-electron chi connectivity index (χ2n) is 6.89. The molecule has 3 rings (SSSR count). The minimum Gasteiger partial charge on any atom is -0.316 e. The Kier molecular flexibility index (Phi) is 7.64. The number of rotatable bonds is 5. The molecular formula is C17H27ClFN3O2S. The van der Waals surface area contributed by atoms with Gasteiger partial charge in [0.15, 0.2) is 0 Å². The summed E-state index contributed by atoms with van der Waals surface area (Å²) in [5, 5.41) is 3.43. The highest BCUT2D eigenvalue weighted by molar-refractivity contribution is 7.89. The van der Waals surface area contributed by atoms with Gasteiger partial charge in [0.25, 0.3) is 0 Å². The van der Waals surface area contributed by atoms with E-state index in [4.69, 9.17) is 0 Å². The van der Waals surface area contributed by atoms with E-state index in [0.717, 1.165) is 51.6 Å². The maximum Gasteiger partial charge on any atom is 0.240 e. The molecule has 1 aromatic carbocycles. The zero-order valence-electron chi connectivity index (χ0n) is 14.3. The van der Waals surface area contributed by atoms with E-state index in [1.165, 1.54) is 31.0 Å². The van der Waals surface area contributed by atoms with Gasteiger partial charge in [-0.1, -0.05) is 6.07 Å². The van der Waals surface area contributed by atoms with E-state index in [1.807, 2.05) is 0 Å². The fourth-order valence-corrected chi connectivity index (χ4v) is 4.98. The third-order valence-corrected chi connectivity index (χ3v) is 6.37. The molecule has 2 heterocycles. The van der Waals surface area contributed by atoms with E-state index < -0.39 is 15.8 Å². The first-order chi connectivity index (χ1) is 11.5. The average Bonchev–Trinajstić information content (AvgIpc) is 2.56. The van der Waals surface area contributed by atoms with Crippen molar-refractivity contribution in [1.82, 2.24) is 14.9 Å². The number of halogens is 2. The van der Waals surface area contributed by atoms with E-state index >= 15 is 0 Å². The SMILES string of the molecule is Cl.O=S(=O)(NC1CCCN(CC2CCCNC2)C1)c1cccc(F)c1. The minimum absolute atomic E-state index is 0. The summed E-state index contributed by atoms with van der Waals surface area (Å²) in [5.74, 6) is 0.116. The summed E-state index contributed by atoms with van der Waals surface area (Å²) in [5.41, 5.74) is 0.